The number of carbonyl (C=O) groups excluding carboxylic acids is 1. The van der Waals surface area contributed by atoms with Gasteiger partial charge in [-0.15, -0.1) is 0 Å². The highest BCUT2D eigenvalue weighted by molar-refractivity contribution is 5.75. The van der Waals surface area contributed by atoms with E-state index in [1.54, 1.807) is 6.92 Å². The van der Waals surface area contributed by atoms with Crippen molar-refractivity contribution in [2.24, 2.45) is 0 Å². The van der Waals surface area contributed by atoms with E-state index in [1.165, 1.54) is 0 Å². The average Bonchev–Trinajstić information content (AvgIpc) is 1.63. The molecule has 0 bridgehead atoms. The Morgan fingerprint density at radius 2 is 2.22 bits per heavy atom. The molecule has 0 aliphatic carbocycles. The van der Waals surface area contributed by atoms with Crippen LogP contribution >= 0.6 is 0 Å². The van der Waals surface area contributed by atoms with Crippen LogP contribution in [-0.2, 0) is 9.53 Å². The number of ether oxygens (including phenoxy) is 1. The Hall–Kier alpha value is -0.370. The molecule has 0 N–H and O–H groups in total. The van der Waals surface area contributed by atoms with Crippen LogP contribution in [0.5, 0.6) is 0 Å². The number of Topliss-reactive ketones (excluding diaryl/α,β-unsaturated/α-hetero) is 1. The van der Waals surface area contributed by atoms with Gasteiger partial charge in [-0.2, -0.15) is 0 Å². The van der Waals surface area contributed by atoms with Crippen molar-refractivity contribution >= 4 is 5.78 Å². The number of carbonyl (C=O) groups is 1. The Balaban J connectivity index is 3.26. The van der Waals surface area contributed by atoms with Crippen molar-refractivity contribution in [3.63, 3.8) is 0 Å². The Bertz CT molecular complexity index is 88.9. The Morgan fingerprint density at radius 1 is 1.67 bits per heavy atom. The first-order valence-corrected chi connectivity index (χ1v) is 3.27. The standard InChI is InChI=1S/C7H14O2/c1-4-9-7(3)5-6(2)8/h7H,4-5H2,1-3H3/t7-/m0/s1. The third-order valence-electron chi connectivity index (χ3n) is 1.03. The molecule has 0 aromatic heterocycles. The summed E-state index contributed by atoms with van der Waals surface area (Å²) in [7, 11) is 0. The second kappa shape index (κ2) is 4.50. The summed E-state index contributed by atoms with van der Waals surface area (Å²) >= 11 is 0. The van der Waals surface area contributed by atoms with Crippen LogP contribution < -0.4 is 0 Å². The van der Waals surface area contributed by atoms with E-state index in [0.29, 0.717) is 13.0 Å². The molecule has 54 valence electrons. The fraction of sp³-hybridized carbons (Fsp3) is 0.857. The van der Waals surface area contributed by atoms with Gasteiger partial charge in [0.05, 0.1) is 6.10 Å². The zero-order valence-electron chi connectivity index (χ0n) is 6.31. The smallest absolute Gasteiger partial charge is 0.132 e. The maximum Gasteiger partial charge on any atom is 0.132 e. The summed E-state index contributed by atoms with van der Waals surface area (Å²) in [6.07, 6.45) is 0.626. The van der Waals surface area contributed by atoms with Crippen LogP contribution in [0, 0.1) is 0 Å². The Morgan fingerprint density at radius 3 is 2.56 bits per heavy atom. The SMILES string of the molecule is CCO[C@@H](C)CC(C)=O. The lowest BCUT2D eigenvalue weighted by Crippen LogP contribution is -2.11. The van der Waals surface area contributed by atoms with Gasteiger partial charge in [0.2, 0.25) is 0 Å². The molecular formula is C7H14O2. The van der Waals surface area contributed by atoms with E-state index in [1.807, 2.05) is 13.8 Å². The summed E-state index contributed by atoms with van der Waals surface area (Å²) in [6, 6.07) is 0. The first-order chi connectivity index (χ1) is 4.16. The van der Waals surface area contributed by atoms with Gasteiger partial charge in [-0.05, 0) is 20.8 Å². The monoisotopic (exact) mass is 130 g/mol. The average molecular weight is 130 g/mol. The molecule has 0 unspecified atom stereocenters. The van der Waals surface area contributed by atoms with Crippen molar-refractivity contribution in [1.82, 2.24) is 0 Å². The first-order valence-electron chi connectivity index (χ1n) is 3.27. The van der Waals surface area contributed by atoms with Gasteiger partial charge >= 0.3 is 0 Å². The molecule has 0 fully saturated rings. The fourth-order valence-corrected chi connectivity index (χ4v) is 0.748. The van der Waals surface area contributed by atoms with Crippen molar-refractivity contribution in [1.29, 1.82) is 0 Å². The van der Waals surface area contributed by atoms with E-state index in [-0.39, 0.29) is 11.9 Å². The van der Waals surface area contributed by atoms with E-state index in [0.717, 1.165) is 0 Å². The molecule has 0 aliphatic heterocycles. The zero-order valence-corrected chi connectivity index (χ0v) is 6.31. The van der Waals surface area contributed by atoms with Crippen molar-refractivity contribution in [3.8, 4) is 0 Å². The fourth-order valence-electron chi connectivity index (χ4n) is 0.748. The Labute approximate surface area is 56.2 Å². The van der Waals surface area contributed by atoms with Crippen LogP contribution in [0.4, 0.5) is 0 Å². The van der Waals surface area contributed by atoms with Gasteiger partial charge in [-0.3, -0.25) is 4.79 Å². The predicted molar refractivity (Wildman–Crippen MR) is 36.4 cm³/mol. The minimum absolute atomic E-state index is 0.0903. The van der Waals surface area contributed by atoms with Gasteiger partial charge in [-0.25, -0.2) is 0 Å². The van der Waals surface area contributed by atoms with Crippen molar-refractivity contribution in [2.45, 2.75) is 33.3 Å². The topological polar surface area (TPSA) is 26.3 Å². The third-order valence-corrected chi connectivity index (χ3v) is 1.03. The van der Waals surface area contributed by atoms with Crippen LogP contribution in [0.3, 0.4) is 0 Å². The molecule has 2 nitrogen and oxygen atoms in total. The molecule has 0 saturated carbocycles. The van der Waals surface area contributed by atoms with E-state index < -0.39 is 0 Å². The Kier molecular flexibility index (Phi) is 4.32. The molecule has 9 heavy (non-hydrogen) atoms. The van der Waals surface area contributed by atoms with Gasteiger partial charge in [0.15, 0.2) is 0 Å². The van der Waals surface area contributed by atoms with Crippen LogP contribution in [0.15, 0.2) is 0 Å². The maximum atomic E-state index is 10.4. The van der Waals surface area contributed by atoms with Crippen molar-refractivity contribution in [3.05, 3.63) is 0 Å². The van der Waals surface area contributed by atoms with Gasteiger partial charge in [0, 0.05) is 13.0 Å². The highest BCUT2D eigenvalue weighted by atomic mass is 16.5. The highest BCUT2D eigenvalue weighted by Gasteiger charge is 2.02. The van der Waals surface area contributed by atoms with E-state index in [2.05, 4.69) is 0 Å². The second-order valence-electron chi connectivity index (χ2n) is 2.17. The third kappa shape index (κ3) is 5.50. The first kappa shape index (κ1) is 8.63. The summed E-state index contributed by atoms with van der Waals surface area (Å²) in [5, 5.41) is 0. The predicted octanol–water partition coefficient (Wildman–Crippen LogP) is 1.39. The lowest BCUT2D eigenvalue weighted by atomic mass is 10.2. The number of hydrogen-bond acceptors (Lipinski definition) is 2. The van der Waals surface area contributed by atoms with Gasteiger partial charge in [0.25, 0.3) is 0 Å². The number of rotatable bonds is 4. The summed E-state index contributed by atoms with van der Waals surface area (Å²) in [5.74, 6) is 0.191. The normalized spacial score (nSPS) is 13.2. The highest BCUT2D eigenvalue weighted by Crippen LogP contribution is 1.96. The van der Waals surface area contributed by atoms with Gasteiger partial charge in [0.1, 0.15) is 5.78 Å². The van der Waals surface area contributed by atoms with Gasteiger partial charge < -0.3 is 4.74 Å². The van der Waals surface area contributed by atoms with Gasteiger partial charge in [-0.1, -0.05) is 0 Å². The molecule has 0 amide bonds. The molecule has 1 atom stereocenters. The second-order valence-corrected chi connectivity index (χ2v) is 2.17. The molecule has 0 spiro atoms. The minimum atomic E-state index is 0.0903. The molecule has 0 radical (unpaired) electrons. The summed E-state index contributed by atoms with van der Waals surface area (Å²) in [5.41, 5.74) is 0. The summed E-state index contributed by atoms with van der Waals surface area (Å²) in [6.45, 7) is 6.10. The molecule has 0 saturated heterocycles. The van der Waals surface area contributed by atoms with Crippen LogP contribution in [0.2, 0.25) is 0 Å². The van der Waals surface area contributed by atoms with E-state index in [4.69, 9.17) is 4.74 Å². The molecule has 0 heterocycles. The van der Waals surface area contributed by atoms with Crippen molar-refractivity contribution in [2.75, 3.05) is 6.61 Å². The minimum Gasteiger partial charge on any atom is -0.378 e. The maximum absolute atomic E-state index is 10.4. The largest absolute Gasteiger partial charge is 0.378 e. The lowest BCUT2D eigenvalue weighted by Gasteiger charge is -2.07. The molecule has 2 heteroatoms. The summed E-state index contributed by atoms with van der Waals surface area (Å²) < 4.78 is 5.13. The van der Waals surface area contributed by atoms with Crippen molar-refractivity contribution < 1.29 is 9.53 Å². The quantitative estimate of drug-likeness (QED) is 0.574. The van der Waals surface area contributed by atoms with Crippen LogP contribution in [-0.4, -0.2) is 18.5 Å². The molecule has 0 aromatic carbocycles. The number of hydrogen-bond donors (Lipinski definition) is 0. The van der Waals surface area contributed by atoms with E-state index in [9.17, 15) is 4.79 Å². The van der Waals surface area contributed by atoms with Crippen LogP contribution in [0.1, 0.15) is 27.2 Å². The molecule has 0 aliphatic rings. The van der Waals surface area contributed by atoms with E-state index >= 15 is 0 Å². The summed E-state index contributed by atoms with van der Waals surface area (Å²) in [4.78, 5) is 10.4. The molecular weight excluding hydrogens is 116 g/mol. The molecule has 0 rings (SSSR count). The number of ketones is 1. The lowest BCUT2D eigenvalue weighted by molar-refractivity contribution is -0.119. The van der Waals surface area contributed by atoms with Crippen LogP contribution in [0.25, 0.3) is 0 Å². The molecule has 0 aromatic rings. The zero-order chi connectivity index (χ0) is 7.28.